The van der Waals surface area contributed by atoms with E-state index >= 15 is 0 Å². The van der Waals surface area contributed by atoms with Gasteiger partial charge in [-0.15, -0.1) is 0 Å². The third-order valence-corrected chi connectivity index (χ3v) is 8.19. The summed E-state index contributed by atoms with van der Waals surface area (Å²) in [5.74, 6) is 0. The van der Waals surface area contributed by atoms with Crippen LogP contribution in [0.5, 0.6) is 0 Å². The Balaban J connectivity index is 2.07. The Morgan fingerprint density at radius 1 is 1.26 bits per heavy atom. The topological polar surface area (TPSA) is 9.23 Å². The van der Waals surface area contributed by atoms with Crippen molar-refractivity contribution >= 4 is 9.52 Å². The Kier molecular flexibility index (Phi) is 5.23. The van der Waals surface area contributed by atoms with Gasteiger partial charge in [-0.3, -0.25) is 0 Å². The highest BCUT2D eigenvalue weighted by atomic mass is 28.2. The summed E-state index contributed by atoms with van der Waals surface area (Å²) in [6, 6.07) is 11.0. The lowest BCUT2D eigenvalue weighted by Gasteiger charge is -2.37. The van der Waals surface area contributed by atoms with Crippen molar-refractivity contribution in [3.63, 3.8) is 0 Å². The van der Waals surface area contributed by atoms with Crippen LogP contribution in [0.1, 0.15) is 52.0 Å². The van der Waals surface area contributed by atoms with Crippen LogP contribution < -0.4 is 0 Å². The van der Waals surface area contributed by atoms with Gasteiger partial charge < -0.3 is 4.74 Å². The van der Waals surface area contributed by atoms with Gasteiger partial charge in [-0.1, -0.05) is 57.5 Å². The molecule has 106 valence electrons. The molecule has 0 amide bonds. The van der Waals surface area contributed by atoms with Gasteiger partial charge in [0.25, 0.3) is 0 Å². The van der Waals surface area contributed by atoms with Gasteiger partial charge in [-0.25, -0.2) is 0 Å². The summed E-state index contributed by atoms with van der Waals surface area (Å²) in [6.45, 7) is 8.20. The lowest BCUT2D eigenvalue weighted by atomic mass is 9.80. The van der Waals surface area contributed by atoms with E-state index in [0.29, 0.717) is 11.1 Å². The average molecular weight is 276 g/mol. The molecule has 2 atom stereocenters. The maximum atomic E-state index is 6.00. The third kappa shape index (κ3) is 3.70. The van der Waals surface area contributed by atoms with Crippen LogP contribution in [0, 0.1) is 0 Å². The molecule has 19 heavy (non-hydrogen) atoms. The predicted octanol–water partition coefficient (Wildman–Crippen LogP) is 3.86. The zero-order valence-corrected chi connectivity index (χ0v) is 14.1. The van der Waals surface area contributed by atoms with Crippen LogP contribution in [0.3, 0.4) is 0 Å². The first kappa shape index (κ1) is 14.8. The summed E-state index contributed by atoms with van der Waals surface area (Å²) >= 11 is 0. The van der Waals surface area contributed by atoms with Crippen molar-refractivity contribution in [3.8, 4) is 0 Å². The van der Waals surface area contributed by atoms with E-state index in [1.165, 1.54) is 31.2 Å². The molecule has 0 aliphatic carbocycles. The molecule has 0 aromatic heterocycles. The number of hydrogen-bond acceptors (Lipinski definition) is 1. The number of rotatable bonds is 5. The van der Waals surface area contributed by atoms with Gasteiger partial charge in [0.15, 0.2) is 0 Å². The molecule has 1 fully saturated rings. The minimum atomic E-state index is -0.191. The fraction of sp³-hybridized carbons (Fsp3) is 0.647. The average Bonchev–Trinajstić information content (AvgIpc) is 2.46. The lowest BCUT2D eigenvalue weighted by Crippen LogP contribution is -2.36. The fourth-order valence-corrected chi connectivity index (χ4v) is 6.01. The maximum Gasteiger partial charge on any atom is 0.0595 e. The summed E-state index contributed by atoms with van der Waals surface area (Å²) in [6.07, 6.45) is 5.24. The summed E-state index contributed by atoms with van der Waals surface area (Å²) < 4.78 is 6.00. The molecule has 0 bridgehead atoms. The SMILES string of the molecule is CCC([SiH2]C1CCCCO1)C(C)(C)c1ccccc1. The van der Waals surface area contributed by atoms with Crippen LogP contribution in [-0.4, -0.2) is 21.9 Å². The molecule has 0 spiro atoms. The number of hydrogen-bond donors (Lipinski definition) is 0. The van der Waals surface area contributed by atoms with E-state index in [4.69, 9.17) is 4.74 Å². The molecule has 0 saturated carbocycles. The van der Waals surface area contributed by atoms with Crippen molar-refractivity contribution in [3.05, 3.63) is 35.9 Å². The predicted molar refractivity (Wildman–Crippen MR) is 85.6 cm³/mol. The van der Waals surface area contributed by atoms with Crippen LogP contribution in [0.2, 0.25) is 5.54 Å². The first-order valence-electron chi connectivity index (χ1n) is 7.81. The summed E-state index contributed by atoms with van der Waals surface area (Å²) in [5, 5.41) is 0. The smallest absolute Gasteiger partial charge is 0.0595 e. The summed E-state index contributed by atoms with van der Waals surface area (Å²) in [4.78, 5) is 0. The molecule has 1 heterocycles. The van der Waals surface area contributed by atoms with Gasteiger partial charge in [0.1, 0.15) is 0 Å². The van der Waals surface area contributed by atoms with Crippen LogP contribution >= 0.6 is 0 Å². The van der Waals surface area contributed by atoms with Crippen molar-refractivity contribution < 1.29 is 4.74 Å². The molecular weight excluding hydrogens is 248 g/mol. The molecule has 0 N–H and O–H groups in total. The van der Waals surface area contributed by atoms with Crippen molar-refractivity contribution in [2.45, 2.75) is 63.1 Å². The lowest BCUT2D eigenvalue weighted by molar-refractivity contribution is 0.0635. The van der Waals surface area contributed by atoms with Crippen molar-refractivity contribution in [1.29, 1.82) is 0 Å². The van der Waals surface area contributed by atoms with E-state index in [0.717, 1.165) is 12.1 Å². The third-order valence-electron chi connectivity index (χ3n) is 4.85. The minimum Gasteiger partial charge on any atom is -0.382 e. The molecule has 2 unspecified atom stereocenters. The Bertz CT molecular complexity index is 368. The second kappa shape index (κ2) is 6.71. The van der Waals surface area contributed by atoms with Gasteiger partial charge in [-0.05, 0) is 35.8 Å². The molecule has 1 aliphatic heterocycles. The quantitative estimate of drug-likeness (QED) is 0.742. The molecule has 1 aliphatic rings. The van der Waals surface area contributed by atoms with E-state index in [2.05, 4.69) is 51.1 Å². The zero-order valence-electron chi connectivity index (χ0n) is 12.7. The van der Waals surface area contributed by atoms with Gasteiger partial charge >= 0.3 is 0 Å². The highest BCUT2D eigenvalue weighted by Crippen LogP contribution is 2.38. The maximum absolute atomic E-state index is 6.00. The fourth-order valence-electron chi connectivity index (χ4n) is 3.39. The van der Waals surface area contributed by atoms with E-state index in [1.54, 1.807) is 0 Å². The standard InChI is InChI=1S/C17H28OSi/c1-4-15(19-16-12-8-9-13-18-16)17(2,3)14-10-6-5-7-11-14/h5-7,10-11,15-16H,4,8-9,12-13,19H2,1-3H3. The highest BCUT2D eigenvalue weighted by molar-refractivity contribution is 6.39. The van der Waals surface area contributed by atoms with Crippen LogP contribution in [0.15, 0.2) is 30.3 Å². The first-order valence-corrected chi connectivity index (χ1v) is 9.45. The van der Waals surface area contributed by atoms with Crippen LogP contribution in [-0.2, 0) is 10.2 Å². The van der Waals surface area contributed by atoms with Crippen molar-refractivity contribution in [2.75, 3.05) is 6.61 Å². The van der Waals surface area contributed by atoms with E-state index in [1.807, 2.05) is 0 Å². The Morgan fingerprint density at radius 3 is 2.58 bits per heavy atom. The van der Waals surface area contributed by atoms with E-state index in [-0.39, 0.29) is 9.52 Å². The van der Waals surface area contributed by atoms with Crippen LogP contribution in [0.4, 0.5) is 0 Å². The van der Waals surface area contributed by atoms with Crippen molar-refractivity contribution in [1.82, 2.24) is 0 Å². The van der Waals surface area contributed by atoms with Gasteiger partial charge in [0.2, 0.25) is 0 Å². The van der Waals surface area contributed by atoms with Gasteiger partial charge in [0.05, 0.1) is 9.52 Å². The van der Waals surface area contributed by atoms with Crippen molar-refractivity contribution in [2.24, 2.45) is 0 Å². The Morgan fingerprint density at radius 2 is 2.00 bits per heavy atom. The summed E-state index contributed by atoms with van der Waals surface area (Å²) in [7, 11) is -0.191. The summed E-state index contributed by atoms with van der Waals surface area (Å²) in [5.41, 5.74) is 3.24. The number of ether oxygens (including phenoxy) is 1. The van der Waals surface area contributed by atoms with Gasteiger partial charge in [-0.2, -0.15) is 0 Å². The Labute approximate surface area is 120 Å². The second-order valence-corrected chi connectivity index (χ2v) is 8.78. The molecule has 1 aromatic carbocycles. The zero-order chi connectivity index (χ0) is 13.7. The molecule has 1 aromatic rings. The highest BCUT2D eigenvalue weighted by Gasteiger charge is 2.32. The second-order valence-electron chi connectivity index (χ2n) is 6.42. The minimum absolute atomic E-state index is 0.191. The first-order chi connectivity index (χ1) is 9.14. The van der Waals surface area contributed by atoms with Gasteiger partial charge in [0, 0.05) is 12.3 Å². The largest absolute Gasteiger partial charge is 0.382 e. The van der Waals surface area contributed by atoms with Crippen LogP contribution in [0.25, 0.3) is 0 Å². The molecule has 0 radical (unpaired) electrons. The normalized spacial score (nSPS) is 22.8. The Hall–Kier alpha value is -0.603. The molecule has 2 heteroatoms. The monoisotopic (exact) mass is 276 g/mol. The molecule has 2 rings (SSSR count). The van der Waals surface area contributed by atoms with E-state index < -0.39 is 0 Å². The number of benzene rings is 1. The molecule has 1 saturated heterocycles. The molecular formula is C17H28OSi. The van der Waals surface area contributed by atoms with E-state index in [9.17, 15) is 0 Å². The molecule has 1 nitrogen and oxygen atoms in total.